The minimum atomic E-state index is -0.474. The average molecular weight is 193 g/mol. The minimum Gasteiger partial charge on any atom is -0.351 e. The smallest absolute Gasteiger partial charge is 0.318 e. The summed E-state index contributed by atoms with van der Waals surface area (Å²) in [5.74, 6) is 0. The van der Waals surface area contributed by atoms with Crippen molar-refractivity contribution in [2.75, 3.05) is 11.9 Å². The number of carbonyl (C=O) groups excluding carboxylic acids is 1. The maximum absolute atomic E-state index is 10.8. The third kappa shape index (κ3) is 2.23. The van der Waals surface area contributed by atoms with E-state index < -0.39 is 6.03 Å². The van der Waals surface area contributed by atoms with Gasteiger partial charge in [0.15, 0.2) is 0 Å². The molecule has 0 radical (unpaired) electrons. The number of carbonyl (C=O) groups is 1. The number of nitrogens with zero attached hydrogens (tertiary/aromatic N) is 1. The number of hydrogen-bond donors (Lipinski definition) is 2. The van der Waals surface area contributed by atoms with Gasteiger partial charge in [-0.05, 0) is 24.6 Å². The maximum Gasteiger partial charge on any atom is 0.318 e. The van der Waals surface area contributed by atoms with Crippen LogP contribution in [0.15, 0.2) is 24.3 Å². The summed E-state index contributed by atoms with van der Waals surface area (Å²) in [6.45, 7) is 1.91. The van der Waals surface area contributed by atoms with Crippen LogP contribution in [-0.2, 0) is 0 Å². The number of rotatable bonds is 2. The molecule has 0 aliphatic rings. The Morgan fingerprint density at radius 1 is 1.36 bits per heavy atom. The molecule has 4 N–H and O–H groups in total. The molecular weight excluding hydrogens is 178 g/mol. The van der Waals surface area contributed by atoms with Gasteiger partial charge in [0.1, 0.15) is 0 Å². The van der Waals surface area contributed by atoms with Gasteiger partial charge in [-0.25, -0.2) is 4.79 Å². The highest BCUT2D eigenvalue weighted by atomic mass is 16.2. The van der Waals surface area contributed by atoms with E-state index in [0.717, 1.165) is 11.3 Å². The molecule has 0 bridgehead atoms. The SMILES string of the molecule is CC(N)c1ccc(N(C)C(N)=O)cc1. The van der Waals surface area contributed by atoms with Crippen LogP contribution in [0.1, 0.15) is 18.5 Å². The zero-order valence-corrected chi connectivity index (χ0v) is 8.40. The highest BCUT2D eigenvalue weighted by Crippen LogP contribution is 2.16. The van der Waals surface area contributed by atoms with Crippen molar-refractivity contribution in [1.82, 2.24) is 0 Å². The van der Waals surface area contributed by atoms with Crippen LogP contribution in [0.25, 0.3) is 0 Å². The molecule has 0 spiro atoms. The molecule has 0 aliphatic heterocycles. The number of benzene rings is 1. The van der Waals surface area contributed by atoms with Crippen LogP contribution >= 0.6 is 0 Å². The minimum absolute atomic E-state index is 0.00272. The molecule has 2 amide bonds. The molecule has 14 heavy (non-hydrogen) atoms. The number of amides is 2. The molecule has 1 aromatic rings. The van der Waals surface area contributed by atoms with Gasteiger partial charge >= 0.3 is 6.03 Å². The molecule has 1 rings (SSSR count). The first kappa shape index (κ1) is 10.5. The molecule has 76 valence electrons. The van der Waals surface area contributed by atoms with Gasteiger partial charge in [-0.2, -0.15) is 0 Å². The first-order valence-electron chi connectivity index (χ1n) is 4.41. The lowest BCUT2D eigenvalue weighted by molar-refractivity contribution is 0.255. The van der Waals surface area contributed by atoms with Gasteiger partial charge in [0.05, 0.1) is 0 Å². The molecule has 0 heterocycles. The number of primary amides is 1. The summed E-state index contributed by atoms with van der Waals surface area (Å²) in [5, 5.41) is 0. The van der Waals surface area contributed by atoms with E-state index in [1.54, 1.807) is 7.05 Å². The maximum atomic E-state index is 10.8. The van der Waals surface area contributed by atoms with Crippen molar-refractivity contribution in [2.24, 2.45) is 11.5 Å². The number of hydrogen-bond acceptors (Lipinski definition) is 2. The zero-order valence-electron chi connectivity index (χ0n) is 8.40. The highest BCUT2D eigenvalue weighted by Gasteiger charge is 2.06. The lowest BCUT2D eigenvalue weighted by Gasteiger charge is -2.15. The van der Waals surface area contributed by atoms with Crippen LogP contribution in [0.2, 0.25) is 0 Å². The molecule has 0 aromatic heterocycles. The number of urea groups is 1. The molecule has 0 aliphatic carbocycles. The molecule has 1 unspecified atom stereocenters. The molecule has 4 heteroatoms. The summed E-state index contributed by atoms with van der Waals surface area (Å²) in [4.78, 5) is 12.2. The predicted molar refractivity (Wildman–Crippen MR) is 57.0 cm³/mol. The third-order valence-corrected chi connectivity index (χ3v) is 2.14. The van der Waals surface area contributed by atoms with Crippen molar-refractivity contribution in [2.45, 2.75) is 13.0 Å². The topological polar surface area (TPSA) is 72.3 Å². The zero-order chi connectivity index (χ0) is 10.7. The van der Waals surface area contributed by atoms with Gasteiger partial charge in [0, 0.05) is 18.8 Å². The van der Waals surface area contributed by atoms with Gasteiger partial charge < -0.3 is 11.5 Å². The van der Waals surface area contributed by atoms with Crippen LogP contribution in [0, 0.1) is 0 Å². The van der Waals surface area contributed by atoms with E-state index in [-0.39, 0.29) is 6.04 Å². The number of anilines is 1. The monoisotopic (exact) mass is 193 g/mol. The first-order valence-corrected chi connectivity index (χ1v) is 4.41. The first-order chi connectivity index (χ1) is 6.52. The van der Waals surface area contributed by atoms with E-state index in [1.165, 1.54) is 4.90 Å². The standard InChI is InChI=1S/C10H15N3O/c1-7(11)8-3-5-9(6-4-8)13(2)10(12)14/h3-7H,11H2,1-2H3,(H2,12,14). The van der Waals surface area contributed by atoms with Crippen LogP contribution in [-0.4, -0.2) is 13.1 Å². The van der Waals surface area contributed by atoms with Crippen molar-refractivity contribution >= 4 is 11.7 Å². The van der Waals surface area contributed by atoms with Crippen LogP contribution < -0.4 is 16.4 Å². The predicted octanol–water partition coefficient (Wildman–Crippen LogP) is 1.22. The van der Waals surface area contributed by atoms with E-state index in [2.05, 4.69) is 0 Å². The van der Waals surface area contributed by atoms with E-state index in [4.69, 9.17) is 11.5 Å². The van der Waals surface area contributed by atoms with Crippen molar-refractivity contribution < 1.29 is 4.79 Å². The van der Waals surface area contributed by atoms with E-state index in [9.17, 15) is 4.79 Å². The Hall–Kier alpha value is -1.55. The van der Waals surface area contributed by atoms with Gasteiger partial charge in [0.2, 0.25) is 0 Å². The fraction of sp³-hybridized carbons (Fsp3) is 0.300. The normalized spacial score (nSPS) is 12.2. The molecule has 4 nitrogen and oxygen atoms in total. The Balaban J connectivity index is 2.88. The Labute approximate surface area is 83.5 Å². The lowest BCUT2D eigenvalue weighted by atomic mass is 10.1. The van der Waals surface area contributed by atoms with Crippen LogP contribution in [0.5, 0.6) is 0 Å². The Morgan fingerprint density at radius 2 is 1.86 bits per heavy atom. The van der Waals surface area contributed by atoms with Gasteiger partial charge in [0.25, 0.3) is 0 Å². The van der Waals surface area contributed by atoms with Crippen molar-refractivity contribution in [1.29, 1.82) is 0 Å². The fourth-order valence-electron chi connectivity index (χ4n) is 1.13. The Kier molecular flexibility index (Phi) is 3.09. The molecule has 0 saturated carbocycles. The molecule has 0 saturated heterocycles. The third-order valence-electron chi connectivity index (χ3n) is 2.14. The molecule has 0 fully saturated rings. The second-order valence-electron chi connectivity index (χ2n) is 3.28. The number of nitrogens with two attached hydrogens (primary N) is 2. The van der Waals surface area contributed by atoms with E-state index in [0.29, 0.717) is 0 Å². The summed E-state index contributed by atoms with van der Waals surface area (Å²) in [7, 11) is 1.63. The highest BCUT2D eigenvalue weighted by molar-refractivity contribution is 5.89. The summed E-state index contributed by atoms with van der Waals surface area (Å²) in [5.41, 5.74) is 12.6. The van der Waals surface area contributed by atoms with E-state index in [1.807, 2.05) is 31.2 Å². The van der Waals surface area contributed by atoms with Crippen molar-refractivity contribution in [3.05, 3.63) is 29.8 Å². The van der Waals surface area contributed by atoms with Crippen molar-refractivity contribution in [3.63, 3.8) is 0 Å². The van der Waals surface area contributed by atoms with Gasteiger partial charge in [-0.15, -0.1) is 0 Å². The van der Waals surface area contributed by atoms with Gasteiger partial charge in [-0.1, -0.05) is 12.1 Å². The second kappa shape index (κ2) is 4.11. The molecular formula is C10H15N3O. The Bertz CT molecular complexity index is 319. The Morgan fingerprint density at radius 3 is 2.21 bits per heavy atom. The summed E-state index contributed by atoms with van der Waals surface area (Å²) < 4.78 is 0. The fourth-order valence-corrected chi connectivity index (χ4v) is 1.13. The summed E-state index contributed by atoms with van der Waals surface area (Å²) >= 11 is 0. The average Bonchev–Trinajstić information content (AvgIpc) is 2.16. The quantitative estimate of drug-likeness (QED) is 0.741. The largest absolute Gasteiger partial charge is 0.351 e. The van der Waals surface area contributed by atoms with Crippen LogP contribution in [0.3, 0.4) is 0 Å². The molecule has 1 atom stereocenters. The van der Waals surface area contributed by atoms with Crippen molar-refractivity contribution in [3.8, 4) is 0 Å². The van der Waals surface area contributed by atoms with Crippen LogP contribution in [0.4, 0.5) is 10.5 Å². The summed E-state index contributed by atoms with van der Waals surface area (Å²) in [6.07, 6.45) is 0. The summed E-state index contributed by atoms with van der Waals surface area (Å²) in [6, 6.07) is 6.95. The second-order valence-corrected chi connectivity index (χ2v) is 3.28. The molecule has 1 aromatic carbocycles. The van der Waals surface area contributed by atoms with E-state index >= 15 is 0 Å². The van der Waals surface area contributed by atoms with Gasteiger partial charge in [-0.3, -0.25) is 4.90 Å². The lowest BCUT2D eigenvalue weighted by Crippen LogP contribution is -2.31.